The average Bonchev–Trinajstić information content (AvgIpc) is 3.14. The Hall–Kier alpha value is -2.11. The number of β-amino-alcohol motifs (C(OH)–C–C–N with tert-alkyl or cyclic N) is 1. The Labute approximate surface area is 147 Å². The summed E-state index contributed by atoms with van der Waals surface area (Å²) in [6.07, 6.45) is 3.25. The maximum Gasteiger partial charge on any atom is 0.133 e. The number of para-hydroxylation sites is 1. The molecule has 0 amide bonds. The Morgan fingerprint density at radius 1 is 1.08 bits per heavy atom. The summed E-state index contributed by atoms with van der Waals surface area (Å²) in [5.41, 5.74) is 0.611. The highest BCUT2D eigenvalue weighted by Gasteiger charge is 2.42. The minimum Gasteiger partial charge on any atom is -0.506 e. The van der Waals surface area contributed by atoms with Gasteiger partial charge in [0.05, 0.1) is 18.0 Å². The van der Waals surface area contributed by atoms with E-state index in [1.165, 1.54) is 6.20 Å². The van der Waals surface area contributed by atoms with Gasteiger partial charge in [0.2, 0.25) is 0 Å². The second kappa shape index (κ2) is 7.02. The number of pyridine rings is 1. The lowest BCUT2D eigenvalue weighted by atomic mass is 10.0. The molecule has 132 valence electrons. The van der Waals surface area contributed by atoms with Crippen molar-refractivity contribution in [3.8, 4) is 11.5 Å². The molecule has 4 atom stereocenters. The predicted molar refractivity (Wildman–Crippen MR) is 94.4 cm³/mol. The molecule has 4 rings (SSSR count). The van der Waals surface area contributed by atoms with Crippen molar-refractivity contribution < 1.29 is 14.9 Å². The molecule has 25 heavy (non-hydrogen) atoms. The van der Waals surface area contributed by atoms with Crippen LogP contribution in [0.15, 0.2) is 48.7 Å². The number of ether oxygens (including phenoxy) is 1. The van der Waals surface area contributed by atoms with Gasteiger partial charge in [-0.3, -0.25) is 9.88 Å². The molecule has 2 fully saturated rings. The standard InChI is InChI=1S/C20H24N2O3/c23-16-6-7-19(21-10-16)20(24)13-22-11-14-8-18(9-15(14)12-22)25-17-4-2-1-3-5-17/h1-7,10,14-15,18,20,23-24H,8-9,11-13H2/t14-,15+,18?,20?. The Morgan fingerprint density at radius 2 is 1.80 bits per heavy atom. The van der Waals surface area contributed by atoms with Gasteiger partial charge in [-0.05, 0) is 48.9 Å². The van der Waals surface area contributed by atoms with E-state index < -0.39 is 6.10 Å². The molecule has 1 aliphatic heterocycles. The van der Waals surface area contributed by atoms with Crippen LogP contribution >= 0.6 is 0 Å². The molecule has 1 saturated heterocycles. The van der Waals surface area contributed by atoms with Crippen molar-refractivity contribution in [1.82, 2.24) is 9.88 Å². The van der Waals surface area contributed by atoms with Gasteiger partial charge in [0.15, 0.2) is 0 Å². The van der Waals surface area contributed by atoms with E-state index in [4.69, 9.17) is 4.74 Å². The lowest BCUT2D eigenvalue weighted by Crippen LogP contribution is -2.29. The summed E-state index contributed by atoms with van der Waals surface area (Å²) in [5.74, 6) is 2.37. The van der Waals surface area contributed by atoms with Gasteiger partial charge in [0, 0.05) is 19.6 Å². The molecular weight excluding hydrogens is 316 g/mol. The number of hydrogen-bond donors (Lipinski definition) is 2. The van der Waals surface area contributed by atoms with Crippen LogP contribution in [-0.2, 0) is 0 Å². The molecule has 1 aromatic heterocycles. The smallest absolute Gasteiger partial charge is 0.133 e. The maximum absolute atomic E-state index is 10.4. The van der Waals surface area contributed by atoms with E-state index in [1.54, 1.807) is 12.1 Å². The Balaban J connectivity index is 1.28. The van der Waals surface area contributed by atoms with Crippen LogP contribution in [0.2, 0.25) is 0 Å². The number of aromatic nitrogens is 1. The van der Waals surface area contributed by atoms with Crippen LogP contribution in [0.25, 0.3) is 0 Å². The third kappa shape index (κ3) is 3.78. The highest BCUT2D eigenvalue weighted by Crippen LogP contribution is 2.40. The first-order chi connectivity index (χ1) is 12.2. The van der Waals surface area contributed by atoms with Gasteiger partial charge in [0.1, 0.15) is 17.6 Å². The number of nitrogens with zero attached hydrogens (tertiary/aromatic N) is 2. The summed E-state index contributed by atoms with van der Waals surface area (Å²) in [7, 11) is 0. The van der Waals surface area contributed by atoms with Crippen molar-refractivity contribution in [3.05, 3.63) is 54.4 Å². The molecule has 2 unspecified atom stereocenters. The number of likely N-dealkylation sites (tertiary alicyclic amines) is 1. The minimum atomic E-state index is -0.615. The molecule has 0 radical (unpaired) electrons. The van der Waals surface area contributed by atoms with Crippen LogP contribution in [0.1, 0.15) is 24.6 Å². The van der Waals surface area contributed by atoms with E-state index in [2.05, 4.69) is 9.88 Å². The number of aromatic hydroxyl groups is 1. The van der Waals surface area contributed by atoms with Crippen molar-refractivity contribution in [1.29, 1.82) is 0 Å². The van der Waals surface area contributed by atoms with E-state index in [0.29, 0.717) is 30.2 Å². The van der Waals surface area contributed by atoms with Gasteiger partial charge in [-0.1, -0.05) is 18.2 Å². The molecule has 0 bridgehead atoms. The van der Waals surface area contributed by atoms with Crippen LogP contribution in [-0.4, -0.2) is 45.8 Å². The quantitative estimate of drug-likeness (QED) is 0.876. The maximum atomic E-state index is 10.4. The Kier molecular flexibility index (Phi) is 4.59. The molecular formula is C20H24N2O3. The summed E-state index contributed by atoms with van der Waals surface area (Å²) in [6.45, 7) is 2.61. The fourth-order valence-corrected chi connectivity index (χ4v) is 4.21. The largest absolute Gasteiger partial charge is 0.506 e. The van der Waals surface area contributed by atoms with Gasteiger partial charge >= 0.3 is 0 Å². The summed E-state index contributed by atoms with van der Waals surface area (Å²) < 4.78 is 6.11. The monoisotopic (exact) mass is 340 g/mol. The minimum absolute atomic E-state index is 0.121. The average molecular weight is 340 g/mol. The summed E-state index contributed by atoms with van der Waals surface area (Å²) in [5, 5.41) is 19.7. The number of rotatable bonds is 5. The summed E-state index contributed by atoms with van der Waals surface area (Å²) >= 11 is 0. The van der Waals surface area contributed by atoms with E-state index in [-0.39, 0.29) is 5.75 Å². The topological polar surface area (TPSA) is 65.8 Å². The second-order valence-electron chi connectivity index (χ2n) is 7.22. The fourth-order valence-electron chi connectivity index (χ4n) is 4.21. The number of benzene rings is 1. The first kappa shape index (κ1) is 16.4. The number of aliphatic hydroxyl groups excluding tert-OH is 1. The van der Waals surface area contributed by atoms with Crippen molar-refractivity contribution in [3.63, 3.8) is 0 Å². The molecule has 2 heterocycles. The van der Waals surface area contributed by atoms with Crippen LogP contribution in [0.3, 0.4) is 0 Å². The zero-order valence-electron chi connectivity index (χ0n) is 14.2. The molecule has 2 N–H and O–H groups in total. The normalized spacial score (nSPS) is 27.2. The Bertz CT molecular complexity index is 678. The van der Waals surface area contributed by atoms with Gasteiger partial charge < -0.3 is 14.9 Å². The number of fused-ring (bicyclic) bond motifs is 1. The Morgan fingerprint density at radius 3 is 2.44 bits per heavy atom. The highest BCUT2D eigenvalue weighted by atomic mass is 16.5. The second-order valence-corrected chi connectivity index (χ2v) is 7.22. The van der Waals surface area contributed by atoms with E-state index in [1.807, 2.05) is 30.3 Å². The zero-order chi connectivity index (χ0) is 17.2. The van der Waals surface area contributed by atoms with Crippen molar-refractivity contribution in [2.24, 2.45) is 11.8 Å². The summed E-state index contributed by atoms with van der Waals surface area (Å²) in [6, 6.07) is 13.3. The van der Waals surface area contributed by atoms with Gasteiger partial charge in [0.25, 0.3) is 0 Å². The lowest BCUT2D eigenvalue weighted by molar-refractivity contribution is 0.113. The van der Waals surface area contributed by atoms with Crippen molar-refractivity contribution in [2.75, 3.05) is 19.6 Å². The molecule has 2 aromatic rings. The van der Waals surface area contributed by atoms with Crippen LogP contribution in [0, 0.1) is 11.8 Å². The first-order valence-corrected chi connectivity index (χ1v) is 8.94. The first-order valence-electron chi connectivity index (χ1n) is 8.94. The molecule has 1 saturated carbocycles. The van der Waals surface area contributed by atoms with Crippen molar-refractivity contribution >= 4 is 0 Å². The fraction of sp³-hybridized carbons (Fsp3) is 0.450. The molecule has 0 spiro atoms. The van der Waals surface area contributed by atoms with Gasteiger partial charge in [-0.2, -0.15) is 0 Å². The van der Waals surface area contributed by atoms with Crippen LogP contribution < -0.4 is 4.74 Å². The molecule has 5 heteroatoms. The van der Waals surface area contributed by atoms with E-state index in [9.17, 15) is 10.2 Å². The van der Waals surface area contributed by atoms with Gasteiger partial charge in [-0.15, -0.1) is 0 Å². The molecule has 1 aromatic carbocycles. The molecule has 5 nitrogen and oxygen atoms in total. The number of hydrogen-bond acceptors (Lipinski definition) is 5. The van der Waals surface area contributed by atoms with Gasteiger partial charge in [-0.25, -0.2) is 0 Å². The SMILES string of the molecule is Oc1ccc(C(O)CN2C[C@H]3CC(Oc4ccccc4)C[C@H]3C2)nc1. The zero-order valence-corrected chi connectivity index (χ0v) is 14.2. The summed E-state index contributed by atoms with van der Waals surface area (Å²) in [4.78, 5) is 6.43. The van der Waals surface area contributed by atoms with E-state index >= 15 is 0 Å². The van der Waals surface area contributed by atoms with Crippen LogP contribution in [0.5, 0.6) is 11.5 Å². The third-order valence-electron chi connectivity index (χ3n) is 5.37. The number of aliphatic hydroxyl groups is 1. The molecule has 2 aliphatic rings. The van der Waals surface area contributed by atoms with Crippen LogP contribution in [0.4, 0.5) is 0 Å². The molecule has 1 aliphatic carbocycles. The third-order valence-corrected chi connectivity index (χ3v) is 5.37. The lowest BCUT2D eigenvalue weighted by Gasteiger charge is -2.22. The predicted octanol–water partition coefficient (Wildman–Crippen LogP) is 2.61. The van der Waals surface area contributed by atoms with Crippen molar-refractivity contribution in [2.45, 2.75) is 25.0 Å². The highest BCUT2D eigenvalue weighted by molar-refractivity contribution is 5.22. The van der Waals surface area contributed by atoms with E-state index in [0.717, 1.165) is 31.7 Å².